The molecule has 0 spiro atoms. The number of fused-ring (bicyclic) bond motifs is 7. The highest BCUT2D eigenvalue weighted by Crippen LogP contribution is 2.34. The smallest absolute Gasteiger partial charge is 0.220 e. The Labute approximate surface area is 184 Å². The van der Waals surface area contributed by atoms with Crippen LogP contribution in [-0.4, -0.2) is 18.9 Å². The molecule has 0 radical (unpaired) electrons. The lowest BCUT2D eigenvalue weighted by Gasteiger charge is -2.09. The van der Waals surface area contributed by atoms with E-state index < -0.39 is 0 Å². The Morgan fingerprint density at radius 3 is 2.38 bits per heavy atom. The van der Waals surface area contributed by atoms with E-state index in [1.807, 2.05) is 24.4 Å². The summed E-state index contributed by atoms with van der Waals surface area (Å²) >= 11 is 0. The van der Waals surface area contributed by atoms with E-state index in [1.54, 1.807) is 0 Å². The van der Waals surface area contributed by atoms with Crippen molar-refractivity contribution in [3.63, 3.8) is 0 Å². The van der Waals surface area contributed by atoms with Crippen molar-refractivity contribution in [3.05, 3.63) is 109 Å². The summed E-state index contributed by atoms with van der Waals surface area (Å²) in [5.41, 5.74) is 8.78. The molecule has 0 unspecified atom stereocenters. The fourth-order valence-corrected chi connectivity index (χ4v) is 4.74. The summed E-state index contributed by atoms with van der Waals surface area (Å²) in [5, 5.41) is 1.12. The fraction of sp³-hybridized carbons (Fsp3) is 0. The second kappa shape index (κ2) is 6.53. The number of rotatable bonds is 2. The Balaban J connectivity index is 1.64. The van der Waals surface area contributed by atoms with E-state index in [4.69, 9.17) is 4.98 Å². The van der Waals surface area contributed by atoms with Crippen LogP contribution >= 0.6 is 0 Å². The number of imidazole rings is 2. The fourth-order valence-electron chi connectivity index (χ4n) is 4.74. The first-order valence-corrected chi connectivity index (χ1v) is 10.7. The number of aromatic nitrogens is 4. The molecule has 0 bridgehead atoms. The molecule has 150 valence electrons. The first-order chi connectivity index (χ1) is 15.9. The van der Waals surface area contributed by atoms with E-state index in [2.05, 4.69) is 98.9 Å². The number of hydrogen-bond donors (Lipinski definition) is 0. The van der Waals surface area contributed by atoms with Crippen molar-refractivity contribution in [1.29, 1.82) is 0 Å². The molecule has 0 aliphatic rings. The van der Waals surface area contributed by atoms with Gasteiger partial charge in [0.25, 0.3) is 0 Å². The summed E-state index contributed by atoms with van der Waals surface area (Å²) in [6.45, 7) is 0. The lowest BCUT2D eigenvalue weighted by molar-refractivity contribution is 1.11. The van der Waals surface area contributed by atoms with Gasteiger partial charge in [0.1, 0.15) is 0 Å². The number of para-hydroxylation sites is 2. The predicted molar refractivity (Wildman–Crippen MR) is 130 cm³/mol. The molecule has 0 fully saturated rings. The number of pyridine rings is 1. The molecule has 0 aliphatic heterocycles. The van der Waals surface area contributed by atoms with Crippen LogP contribution in [-0.2, 0) is 0 Å². The Bertz CT molecular complexity index is 1770. The van der Waals surface area contributed by atoms with Crippen molar-refractivity contribution in [1.82, 2.24) is 18.9 Å². The molecule has 7 aromatic rings. The van der Waals surface area contributed by atoms with Crippen LogP contribution in [0.3, 0.4) is 0 Å². The molecule has 0 saturated heterocycles. The van der Waals surface area contributed by atoms with Crippen LogP contribution in [0.5, 0.6) is 0 Å². The van der Waals surface area contributed by atoms with Gasteiger partial charge >= 0.3 is 0 Å². The molecular formula is C28H18N4. The molecule has 32 heavy (non-hydrogen) atoms. The Hall–Kier alpha value is -4.44. The first-order valence-electron chi connectivity index (χ1n) is 10.7. The summed E-state index contributed by atoms with van der Waals surface area (Å²) in [5.74, 6) is 0.905. The van der Waals surface area contributed by atoms with Crippen LogP contribution in [0.4, 0.5) is 0 Å². The third-order valence-electron chi connectivity index (χ3n) is 6.15. The largest absolute Gasteiger partial charge is 0.278 e. The zero-order chi connectivity index (χ0) is 21.1. The standard InChI is InChI=1S/C28H18N4/c1-2-8-19(9-3-1)20-10-6-11-21(18-20)31-26-16-15-23-22(12-7-17-29-23)27(26)32-25-14-5-4-13-24(25)30-28(31)32/h1-18H. The van der Waals surface area contributed by atoms with Crippen molar-refractivity contribution in [2.24, 2.45) is 0 Å². The molecule has 0 amide bonds. The van der Waals surface area contributed by atoms with Gasteiger partial charge in [0, 0.05) is 17.3 Å². The van der Waals surface area contributed by atoms with Gasteiger partial charge in [-0.2, -0.15) is 0 Å². The van der Waals surface area contributed by atoms with Gasteiger partial charge in [-0.05, 0) is 59.7 Å². The maximum atomic E-state index is 5.04. The minimum Gasteiger partial charge on any atom is -0.278 e. The van der Waals surface area contributed by atoms with Crippen LogP contribution < -0.4 is 0 Å². The van der Waals surface area contributed by atoms with Gasteiger partial charge in [-0.1, -0.05) is 54.6 Å². The van der Waals surface area contributed by atoms with Crippen molar-refractivity contribution in [2.45, 2.75) is 0 Å². The molecule has 4 nitrogen and oxygen atoms in total. The first kappa shape index (κ1) is 17.3. The normalized spacial score (nSPS) is 11.8. The molecule has 0 aliphatic carbocycles. The van der Waals surface area contributed by atoms with Crippen molar-refractivity contribution in [2.75, 3.05) is 0 Å². The highest BCUT2D eigenvalue weighted by atomic mass is 15.2. The predicted octanol–water partition coefficient (Wildman–Crippen LogP) is 6.65. The molecular weight excluding hydrogens is 392 g/mol. The molecule has 4 aromatic carbocycles. The van der Waals surface area contributed by atoms with Gasteiger partial charge in [-0.3, -0.25) is 14.0 Å². The van der Waals surface area contributed by atoms with Crippen LogP contribution in [0.2, 0.25) is 0 Å². The van der Waals surface area contributed by atoms with Crippen LogP contribution in [0.25, 0.3) is 55.6 Å². The average Bonchev–Trinajstić information content (AvgIpc) is 3.39. The maximum absolute atomic E-state index is 5.04. The van der Waals surface area contributed by atoms with E-state index in [-0.39, 0.29) is 0 Å². The van der Waals surface area contributed by atoms with Crippen molar-refractivity contribution >= 4 is 38.7 Å². The Morgan fingerprint density at radius 1 is 0.594 bits per heavy atom. The van der Waals surface area contributed by atoms with Crippen LogP contribution in [0.15, 0.2) is 109 Å². The summed E-state index contributed by atoms with van der Waals surface area (Å²) in [6.07, 6.45) is 1.84. The number of nitrogens with zero attached hydrogens (tertiary/aromatic N) is 4. The van der Waals surface area contributed by atoms with Gasteiger partial charge in [-0.15, -0.1) is 0 Å². The molecule has 3 aromatic heterocycles. The molecule has 7 rings (SSSR count). The van der Waals surface area contributed by atoms with Crippen molar-refractivity contribution < 1.29 is 0 Å². The molecule has 3 heterocycles. The van der Waals surface area contributed by atoms with Gasteiger partial charge < -0.3 is 0 Å². The molecule has 0 atom stereocenters. The Morgan fingerprint density at radius 2 is 1.44 bits per heavy atom. The molecule has 0 saturated carbocycles. The Kier molecular flexibility index (Phi) is 3.52. The maximum Gasteiger partial charge on any atom is 0.220 e. The second-order valence-electron chi connectivity index (χ2n) is 7.99. The van der Waals surface area contributed by atoms with Gasteiger partial charge in [0.05, 0.1) is 27.6 Å². The SMILES string of the molecule is c1ccc(-c2cccc(-n3c4ccc5ncccc5c4n4c5ccccc5nc34)c2)cc1. The zero-order valence-electron chi connectivity index (χ0n) is 17.2. The van der Waals surface area contributed by atoms with E-state index in [0.29, 0.717) is 0 Å². The monoisotopic (exact) mass is 410 g/mol. The highest BCUT2D eigenvalue weighted by molar-refractivity contribution is 6.07. The minimum absolute atomic E-state index is 0.905. The number of hydrogen-bond acceptors (Lipinski definition) is 2. The topological polar surface area (TPSA) is 35.1 Å². The third kappa shape index (κ3) is 2.38. The van der Waals surface area contributed by atoms with Crippen LogP contribution in [0, 0.1) is 0 Å². The van der Waals surface area contributed by atoms with E-state index >= 15 is 0 Å². The minimum atomic E-state index is 0.905. The van der Waals surface area contributed by atoms with Gasteiger partial charge in [0.15, 0.2) is 0 Å². The summed E-state index contributed by atoms with van der Waals surface area (Å²) < 4.78 is 4.53. The molecule has 4 heteroatoms. The highest BCUT2D eigenvalue weighted by Gasteiger charge is 2.19. The summed E-state index contributed by atoms with van der Waals surface area (Å²) in [4.78, 5) is 9.64. The lowest BCUT2D eigenvalue weighted by Crippen LogP contribution is -1.95. The van der Waals surface area contributed by atoms with Crippen LogP contribution in [0.1, 0.15) is 0 Å². The molecule has 0 N–H and O–H groups in total. The van der Waals surface area contributed by atoms with Gasteiger partial charge in [-0.25, -0.2) is 4.98 Å². The zero-order valence-corrected chi connectivity index (χ0v) is 17.2. The quantitative estimate of drug-likeness (QED) is 0.320. The van der Waals surface area contributed by atoms with E-state index in [0.717, 1.165) is 44.4 Å². The van der Waals surface area contributed by atoms with Crippen molar-refractivity contribution in [3.8, 4) is 16.8 Å². The third-order valence-corrected chi connectivity index (χ3v) is 6.15. The lowest BCUT2D eigenvalue weighted by atomic mass is 10.1. The van der Waals surface area contributed by atoms with E-state index in [1.165, 1.54) is 11.1 Å². The summed E-state index contributed by atoms with van der Waals surface area (Å²) in [7, 11) is 0. The summed E-state index contributed by atoms with van der Waals surface area (Å²) in [6, 6.07) is 35.9. The van der Waals surface area contributed by atoms with Gasteiger partial charge in [0.2, 0.25) is 5.78 Å². The number of benzene rings is 4. The average molecular weight is 410 g/mol. The second-order valence-corrected chi connectivity index (χ2v) is 7.99. The van der Waals surface area contributed by atoms with E-state index in [9.17, 15) is 0 Å².